The minimum atomic E-state index is 1.01. The zero-order chi connectivity index (χ0) is 31.8. The van der Waals surface area contributed by atoms with E-state index in [1.807, 2.05) is 0 Å². The zero-order valence-corrected chi connectivity index (χ0v) is 26.3. The maximum absolute atomic E-state index is 5.35. The minimum Gasteiger partial charge on any atom is -0.308 e. The number of rotatable bonds is 3. The summed E-state index contributed by atoms with van der Waals surface area (Å²) in [6.07, 6.45) is 2.11. The Morgan fingerprint density at radius 1 is 0.388 bits per heavy atom. The normalized spacial score (nSPS) is 12.5. The molecule has 0 fully saturated rings. The van der Waals surface area contributed by atoms with Crippen LogP contribution in [0.1, 0.15) is 0 Å². The molecule has 226 valence electrons. The largest absolute Gasteiger partial charge is 0.308 e. The number of pyridine rings is 1. The van der Waals surface area contributed by atoms with Crippen molar-refractivity contribution in [3.63, 3.8) is 0 Å². The van der Waals surface area contributed by atoms with Crippen LogP contribution in [0.2, 0.25) is 0 Å². The third-order valence-electron chi connectivity index (χ3n) is 10.8. The highest BCUT2D eigenvalue weighted by molar-refractivity contribution is 6.36. The summed E-state index contributed by atoms with van der Waals surface area (Å²) < 4.78 is 4.89. The molecule has 0 amide bonds. The third kappa shape index (κ3) is 3.07. The predicted molar refractivity (Wildman–Crippen MR) is 206 cm³/mol. The molecule has 0 unspecified atom stereocenters. The molecule has 0 radical (unpaired) electrons. The Labute approximate surface area is 279 Å². The van der Waals surface area contributed by atoms with Crippen molar-refractivity contribution in [2.24, 2.45) is 0 Å². The van der Waals surface area contributed by atoms with Gasteiger partial charge < -0.3 is 9.30 Å². The van der Waals surface area contributed by atoms with E-state index in [4.69, 9.17) is 4.98 Å². The van der Waals surface area contributed by atoms with E-state index in [9.17, 15) is 0 Å². The predicted octanol–water partition coefficient (Wildman–Crippen LogP) is 12.0. The molecule has 5 heterocycles. The van der Waals surface area contributed by atoms with Crippen LogP contribution in [-0.2, 0) is 0 Å². The van der Waals surface area contributed by atoms with Crippen LogP contribution in [-0.4, -0.2) is 13.8 Å². The van der Waals surface area contributed by atoms with Gasteiger partial charge in [-0.05, 0) is 47.2 Å². The molecule has 7 aromatic carbocycles. The molecule has 0 saturated heterocycles. The van der Waals surface area contributed by atoms with Crippen LogP contribution < -0.4 is 4.90 Å². The second-order valence-corrected chi connectivity index (χ2v) is 13.2. The van der Waals surface area contributed by atoms with E-state index in [0.29, 0.717) is 0 Å². The van der Waals surface area contributed by atoms with E-state index in [1.165, 1.54) is 75.9 Å². The molecule has 0 aliphatic heterocycles. The maximum Gasteiger partial charge on any atom is 0.146 e. The van der Waals surface area contributed by atoms with Crippen LogP contribution in [0.25, 0.3) is 87.1 Å². The molecule has 5 aromatic heterocycles. The summed E-state index contributed by atoms with van der Waals surface area (Å²) in [6, 6.07) is 54.9. The number of nitrogens with zero attached hydrogens (tertiary/aromatic N) is 4. The molecular formula is C45H26N4. The lowest BCUT2D eigenvalue weighted by Crippen LogP contribution is -2.10. The van der Waals surface area contributed by atoms with Gasteiger partial charge in [0, 0.05) is 54.5 Å². The van der Waals surface area contributed by atoms with Gasteiger partial charge in [-0.1, -0.05) is 115 Å². The van der Waals surface area contributed by atoms with Gasteiger partial charge in [-0.2, -0.15) is 0 Å². The third-order valence-corrected chi connectivity index (χ3v) is 10.8. The highest BCUT2D eigenvalue weighted by Crippen LogP contribution is 2.49. The Hall–Kier alpha value is -6.65. The van der Waals surface area contributed by atoms with Crippen molar-refractivity contribution >= 4 is 104 Å². The molecule has 0 saturated carbocycles. The van der Waals surface area contributed by atoms with Crippen LogP contribution in [0.3, 0.4) is 0 Å². The van der Waals surface area contributed by atoms with Crippen molar-refractivity contribution in [2.75, 3.05) is 4.90 Å². The molecule has 4 nitrogen and oxygen atoms in total. The summed E-state index contributed by atoms with van der Waals surface area (Å²) in [5.74, 6) is 0. The van der Waals surface area contributed by atoms with Crippen molar-refractivity contribution in [2.45, 2.75) is 0 Å². The summed E-state index contributed by atoms with van der Waals surface area (Å²) in [5.41, 5.74) is 10.4. The average molecular weight is 623 g/mol. The second-order valence-electron chi connectivity index (χ2n) is 13.2. The Morgan fingerprint density at radius 3 is 1.71 bits per heavy atom. The van der Waals surface area contributed by atoms with Gasteiger partial charge in [-0.3, -0.25) is 4.40 Å². The fourth-order valence-electron chi connectivity index (χ4n) is 8.92. The van der Waals surface area contributed by atoms with Crippen LogP contribution in [0.15, 0.2) is 158 Å². The summed E-state index contributed by atoms with van der Waals surface area (Å²) in [4.78, 5) is 7.73. The SMILES string of the molecule is c1ccc(N(c2ccccc2)c2cccc3c4cccc5c6c7c8cccc9c%10c%11ccccc%11ccc%10n(c7ncc6n(c23)c45)c98)cc1. The standard InChI is InChI=1S/C45H26N4/c1-3-13-28(14-4-1)47(29-15-5-2-6-16-29)37-23-11-19-32-31-18-9-21-34-40-38(48(42(31)34)44(32)37)26-46-45-41(40)35-22-10-20-33-39-30-17-8-7-12-27(30)24-25-36(39)49(45)43(33)35/h1-26H. The molecule has 12 rings (SSSR count). The lowest BCUT2D eigenvalue weighted by atomic mass is 10.0. The average Bonchev–Trinajstić information content (AvgIpc) is 3.89. The monoisotopic (exact) mass is 622 g/mol. The van der Waals surface area contributed by atoms with Gasteiger partial charge in [0.25, 0.3) is 0 Å². The minimum absolute atomic E-state index is 1.01. The van der Waals surface area contributed by atoms with Crippen molar-refractivity contribution in [1.82, 2.24) is 13.8 Å². The Morgan fingerprint density at radius 2 is 0.959 bits per heavy atom. The number of fused-ring (bicyclic) bond motifs is 15. The summed E-state index contributed by atoms with van der Waals surface area (Å²) >= 11 is 0. The van der Waals surface area contributed by atoms with Crippen LogP contribution in [0.4, 0.5) is 17.1 Å². The van der Waals surface area contributed by atoms with E-state index >= 15 is 0 Å². The first kappa shape index (κ1) is 25.4. The molecular weight excluding hydrogens is 597 g/mol. The van der Waals surface area contributed by atoms with Crippen LogP contribution in [0.5, 0.6) is 0 Å². The summed E-state index contributed by atoms with van der Waals surface area (Å²) in [7, 11) is 0. The van der Waals surface area contributed by atoms with Crippen molar-refractivity contribution in [3.05, 3.63) is 158 Å². The molecule has 0 aliphatic rings. The first-order valence-electron chi connectivity index (χ1n) is 16.8. The maximum atomic E-state index is 5.35. The van der Waals surface area contributed by atoms with Crippen LogP contribution >= 0.6 is 0 Å². The molecule has 49 heavy (non-hydrogen) atoms. The summed E-state index contributed by atoms with van der Waals surface area (Å²) in [5, 5.41) is 12.6. The molecule has 0 atom stereocenters. The fourth-order valence-corrected chi connectivity index (χ4v) is 8.92. The van der Waals surface area contributed by atoms with Crippen molar-refractivity contribution in [3.8, 4) is 0 Å². The Kier molecular flexibility index (Phi) is 4.69. The Balaban J connectivity index is 1.27. The first-order chi connectivity index (χ1) is 24.4. The molecule has 12 aromatic rings. The van der Waals surface area contributed by atoms with Gasteiger partial charge in [-0.15, -0.1) is 0 Å². The molecule has 0 spiro atoms. The van der Waals surface area contributed by atoms with Crippen molar-refractivity contribution < 1.29 is 0 Å². The smallest absolute Gasteiger partial charge is 0.146 e. The quantitative estimate of drug-likeness (QED) is 0.196. The highest BCUT2D eigenvalue weighted by Gasteiger charge is 2.27. The molecule has 4 heteroatoms. The molecule has 0 bridgehead atoms. The molecule has 0 aliphatic carbocycles. The number of anilines is 3. The summed E-state index contributed by atoms with van der Waals surface area (Å²) in [6.45, 7) is 0. The van der Waals surface area contributed by atoms with E-state index in [1.54, 1.807) is 0 Å². The first-order valence-corrected chi connectivity index (χ1v) is 16.8. The van der Waals surface area contributed by atoms with E-state index in [2.05, 4.69) is 172 Å². The topological polar surface area (TPSA) is 24.9 Å². The second kappa shape index (κ2) is 9.03. The lowest BCUT2D eigenvalue weighted by Gasteiger charge is -2.26. The Bertz CT molecular complexity index is 3220. The number of aromatic nitrogens is 3. The zero-order valence-electron chi connectivity index (χ0n) is 26.3. The van der Waals surface area contributed by atoms with Gasteiger partial charge >= 0.3 is 0 Å². The number of hydrogen-bond acceptors (Lipinski definition) is 2. The van der Waals surface area contributed by atoms with Gasteiger partial charge in [0.1, 0.15) is 5.65 Å². The number of hydrogen-bond donors (Lipinski definition) is 0. The highest BCUT2D eigenvalue weighted by atomic mass is 15.2. The van der Waals surface area contributed by atoms with E-state index in [-0.39, 0.29) is 0 Å². The van der Waals surface area contributed by atoms with Crippen LogP contribution in [0, 0.1) is 0 Å². The fraction of sp³-hybridized carbons (Fsp3) is 0. The van der Waals surface area contributed by atoms with Gasteiger partial charge in [0.2, 0.25) is 0 Å². The number of para-hydroxylation sites is 5. The van der Waals surface area contributed by atoms with E-state index < -0.39 is 0 Å². The number of benzene rings is 7. The van der Waals surface area contributed by atoms with Gasteiger partial charge in [0.05, 0.1) is 39.5 Å². The van der Waals surface area contributed by atoms with Gasteiger partial charge in [0.15, 0.2) is 0 Å². The lowest BCUT2D eigenvalue weighted by molar-refractivity contribution is 1.25. The van der Waals surface area contributed by atoms with Gasteiger partial charge in [-0.25, -0.2) is 4.98 Å². The van der Waals surface area contributed by atoms with E-state index in [0.717, 1.165) is 28.2 Å². The van der Waals surface area contributed by atoms with Crippen molar-refractivity contribution in [1.29, 1.82) is 0 Å². The molecule has 0 N–H and O–H groups in total.